The topological polar surface area (TPSA) is 72.6 Å². The van der Waals surface area contributed by atoms with E-state index in [0.717, 1.165) is 10.4 Å². The van der Waals surface area contributed by atoms with Crippen molar-refractivity contribution in [2.45, 2.75) is 18.2 Å². The van der Waals surface area contributed by atoms with E-state index in [1.54, 1.807) is 7.11 Å². The molecule has 1 aromatic carbocycles. The van der Waals surface area contributed by atoms with Crippen LogP contribution >= 0.6 is 0 Å². The fourth-order valence-electron chi connectivity index (χ4n) is 1.55. The van der Waals surface area contributed by atoms with Crippen LogP contribution in [0.1, 0.15) is 12.0 Å². The zero-order chi connectivity index (χ0) is 14.6. The van der Waals surface area contributed by atoms with Crippen molar-refractivity contribution in [1.82, 2.24) is 4.31 Å². The van der Waals surface area contributed by atoms with Crippen LogP contribution in [-0.2, 0) is 14.8 Å². The summed E-state index contributed by atoms with van der Waals surface area (Å²) in [6.45, 7) is 2.26. The predicted molar refractivity (Wildman–Crippen MR) is 71.9 cm³/mol. The van der Waals surface area contributed by atoms with Gasteiger partial charge in [0.05, 0.1) is 4.90 Å². The number of hydrogen-bond acceptors (Lipinski definition) is 4. The Hall–Kier alpha value is -1.18. The number of hydrogen-bond donors (Lipinski definition) is 1. The normalized spacial score (nSPS) is 12.1. The molecule has 0 aliphatic heterocycles. The number of nitrogen functional groups attached to an aromatic ring is 1. The van der Waals surface area contributed by atoms with Crippen molar-refractivity contribution in [2.75, 3.05) is 33.0 Å². The number of nitrogens with two attached hydrogens (primary N) is 1. The highest BCUT2D eigenvalue weighted by Crippen LogP contribution is 2.23. The third kappa shape index (κ3) is 3.65. The predicted octanol–water partition coefficient (Wildman–Crippen LogP) is 1.37. The Morgan fingerprint density at radius 2 is 2.05 bits per heavy atom. The first kappa shape index (κ1) is 15.9. The maximum Gasteiger partial charge on any atom is 0.242 e. The van der Waals surface area contributed by atoms with Crippen molar-refractivity contribution in [3.05, 3.63) is 23.5 Å². The van der Waals surface area contributed by atoms with Gasteiger partial charge in [0.2, 0.25) is 10.0 Å². The minimum absolute atomic E-state index is 0.129. The van der Waals surface area contributed by atoms with Crippen LogP contribution in [0, 0.1) is 12.7 Å². The Balaban J connectivity index is 3.00. The van der Waals surface area contributed by atoms with E-state index in [-0.39, 0.29) is 16.1 Å². The number of sulfonamides is 1. The fourth-order valence-corrected chi connectivity index (χ4v) is 2.81. The second kappa shape index (κ2) is 6.31. The van der Waals surface area contributed by atoms with Gasteiger partial charge in [-0.3, -0.25) is 0 Å². The lowest BCUT2D eigenvalue weighted by Gasteiger charge is -2.17. The number of anilines is 1. The van der Waals surface area contributed by atoms with Gasteiger partial charge in [-0.25, -0.2) is 17.1 Å². The third-order valence-electron chi connectivity index (χ3n) is 2.89. The van der Waals surface area contributed by atoms with Gasteiger partial charge >= 0.3 is 0 Å². The average molecular weight is 290 g/mol. The van der Waals surface area contributed by atoms with Crippen molar-refractivity contribution < 1.29 is 17.5 Å². The second-order valence-corrected chi connectivity index (χ2v) is 6.34. The smallest absolute Gasteiger partial charge is 0.242 e. The molecule has 0 unspecified atom stereocenters. The lowest BCUT2D eigenvalue weighted by atomic mass is 10.2. The highest BCUT2D eigenvalue weighted by molar-refractivity contribution is 7.89. The standard InChI is InChI=1S/C12H19FN2O3S/c1-9-11(13)7-10(8-12(9)14)19(16,17)15(2)5-4-6-18-3/h7-8H,4-6,14H2,1-3H3. The second-order valence-electron chi connectivity index (χ2n) is 4.29. The maximum atomic E-state index is 13.6. The van der Waals surface area contributed by atoms with E-state index >= 15 is 0 Å². The van der Waals surface area contributed by atoms with Gasteiger partial charge in [0.15, 0.2) is 0 Å². The third-order valence-corrected chi connectivity index (χ3v) is 4.72. The lowest BCUT2D eigenvalue weighted by Crippen LogP contribution is -2.28. The van der Waals surface area contributed by atoms with Gasteiger partial charge in [-0.2, -0.15) is 0 Å². The number of ether oxygens (including phenoxy) is 1. The molecule has 1 aromatic rings. The molecule has 0 bridgehead atoms. The molecule has 0 radical (unpaired) electrons. The molecule has 0 heterocycles. The lowest BCUT2D eigenvalue weighted by molar-refractivity contribution is 0.189. The number of benzene rings is 1. The maximum absolute atomic E-state index is 13.6. The molecule has 5 nitrogen and oxygen atoms in total. The van der Waals surface area contributed by atoms with Gasteiger partial charge in [-0.1, -0.05) is 0 Å². The van der Waals surface area contributed by atoms with Crippen LogP contribution in [-0.4, -0.2) is 40.0 Å². The van der Waals surface area contributed by atoms with E-state index in [4.69, 9.17) is 10.5 Å². The summed E-state index contributed by atoms with van der Waals surface area (Å²) in [6, 6.07) is 2.27. The summed E-state index contributed by atoms with van der Waals surface area (Å²) in [5.74, 6) is -0.621. The van der Waals surface area contributed by atoms with E-state index in [0.29, 0.717) is 19.6 Å². The molecule has 0 aromatic heterocycles. The zero-order valence-corrected chi connectivity index (χ0v) is 12.1. The Morgan fingerprint density at radius 3 is 2.58 bits per heavy atom. The summed E-state index contributed by atoms with van der Waals surface area (Å²) in [5, 5.41) is 0. The summed E-state index contributed by atoms with van der Waals surface area (Å²) in [5.41, 5.74) is 5.98. The van der Waals surface area contributed by atoms with Crippen LogP contribution < -0.4 is 5.73 Å². The average Bonchev–Trinajstić information content (AvgIpc) is 2.35. The zero-order valence-electron chi connectivity index (χ0n) is 11.3. The van der Waals surface area contributed by atoms with Crippen LogP contribution in [0.15, 0.2) is 17.0 Å². The Bertz CT molecular complexity index is 523. The molecule has 0 saturated heterocycles. The number of nitrogens with zero attached hydrogens (tertiary/aromatic N) is 1. The van der Waals surface area contributed by atoms with Crippen LogP contribution in [0.25, 0.3) is 0 Å². The molecule has 1 rings (SSSR count). The molecular weight excluding hydrogens is 271 g/mol. The molecule has 2 N–H and O–H groups in total. The molecule has 0 spiro atoms. The molecule has 0 aliphatic carbocycles. The van der Waals surface area contributed by atoms with Crippen molar-refractivity contribution in [1.29, 1.82) is 0 Å². The van der Waals surface area contributed by atoms with E-state index in [2.05, 4.69) is 0 Å². The van der Waals surface area contributed by atoms with Crippen LogP contribution in [0.3, 0.4) is 0 Å². The first-order chi connectivity index (χ1) is 8.80. The molecule has 0 aliphatic rings. The molecule has 108 valence electrons. The summed E-state index contributed by atoms with van der Waals surface area (Å²) in [6.07, 6.45) is 0.566. The van der Waals surface area contributed by atoms with Gasteiger partial charge < -0.3 is 10.5 Å². The highest BCUT2D eigenvalue weighted by Gasteiger charge is 2.22. The number of rotatable bonds is 6. The highest BCUT2D eigenvalue weighted by atomic mass is 32.2. The number of methoxy groups -OCH3 is 1. The van der Waals surface area contributed by atoms with Gasteiger partial charge in [0.25, 0.3) is 0 Å². The van der Waals surface area contributed by atoms with Crippen LogP contribution in [0.4, 0.5) is 10.1 Å². The van der Waals surface area contributed by atoms with E-state index in [1.165, 1.54) is 20.0 Å². The monoisotopic (exact) mass is 290 g/mol. The molecule has 7 heteroatoms. The van der Waals surface area contributed by atoms with Crippen LogP contribution in [0.2, 0.25) is 0 Å². The molecular formula is C12H19FN2O3S. The number of halogens is 1. The summed E-state index contributed by atoms with van der Waals surface area (Å²) in [4.78, 5) is -0.131. The van der Waals surface area contributed by atoms with E-state index < -0.39 is 15.8 Å². The minimum atomic E-state index is -3.72. The van der Waals surface area contributed by atoms with Gasteiger partial charge in [0.1, 0.15) is 5.82 Å². The van der Waals surface area contributed by atoms with Crippen molar-refractivity contribution in [3.63, 3.8) is 0 Å². The summed E-state index contributed by atoms with van der Waals surface area (Å²) in [7, 11) is -0.734. The van der Waals surface area contributed by atoms with Crippen molar-refractivity contribution in [3.8, 4) is 0 Å². The van der Waals surface area contributed by atoms with E-state index in [9.17, 15) is 12.8 Å². The van der Waals surface area contributed by atoms with Crippen LogP contribution in [0.5, 0.6) is 0 Å². The summed E-state index contributed by atoms with van der Waals surface area (Å²) >= 11 is 0. The first-order valence-electron chi connectivity index (χ1n) is 5.81. The molecule has 19 heavy (non-hydrogen) atoms. The Kier molecular flexibility index (Phi) is 5.28. The Morgan fingerprint density at radius 1 is 1.42 bits per heavy atom. The van der Waals surface area contributed by atoms with Gasteiger partial charge in [-0.05, 0) is 25.5 Å². The fraction of sp³-hybridized carbons (Fsp3) is 0.500. The van der Waals surface area contributed by atoms with Crippen molar-refractivity contribution in [2.24, 2.45) is 0 Å². The SMILES string of the molecule is COCCCN(C)S(=O)(=O)c1cc(N)c(C)c(F)c1. The summed E-state index contributed by atoms with van der Waals surface area (Å²) < 4.78 is 44.0. The molecule has 0 amide bonds. The molecule has 0 fully saturated rings. The van der Waals surface area contributed by atoms with E-state index in [1.807, 2.05) is 0 Å². The van der Waals surface area contributed by atoms with Gasteiger partial charge in [-0.15, -0.1) is 0 Å². The molecule has 0 saturated carbocycles. The quantitative estimate of drug-likeness (QED) is 0.634. The largest absolute Gasteiger partial charge is 0.398 e. The van der Waals surface area contributed by atoms with Crippen molar-refractivity contribution >= 4 is 15.7 Å². The molecule has 0 atom stereocenters. The minimum Gasteiger partial charge on any atom is -0.398 e. The first-order valence-corrected chi connectivity index (χ1v) is 7.25. The van der Waals surface area contributed by atoms with Gasteiger partial charge in [0, 0.05) is 38.6 Å². The Labute approximate surface area is 113 Å².